The van der Waals surface area contributed by atoms with Gasteiger partial charge >= 0.3 is 0 Å². The van der Waals surface area contributed by atoms with E-state index in [1.807, 2.05) is 12.3 Å². The van der Waals surface area contributed by atoms with Gasteiger partial charge < -0.3 is 5.32 Å². The van der Waals surface area contributed by atoms with Crippen molar-refractivity contribution in [2.24, 2.45) is 5.92 Å². The van der Waals surface area contributed by atoms with Crippen molar-refractivity contribution in [1.82, 2.24) is 10.3 Å². The molecule has 0 saturated carbocycles. The Morgan fingerprint density at radius 1 is 1.40 bits per heavy atom. The van der Waals surface area contributed by atoms with Gasteiger partial charge in [-0.15, -0.1) is 0 Å². The molecule has 2 nitrogen and oxygen atoms in total. The van der Waals surface area contributed by atoms with Crippen LogP contribution in [0.4, 0.5) is 0 Å². The Kier molecular flexibility index (Phi) is 2.26. The summed E-state index contributed by atoms with van der Waals surface area (Å²) in [7, 11) is 0. The first-order valence-corrected chi connectivity index (χ1v) is 5.78. The Bertz CT molecular complexity index is 397. The van der Waals surface area contributed by atoms with E-state index >= 15 is 0 Å². The third-order valence-corrected chi connectivity index (χ3v) is 3.61. The highest BCUT2D eigenvalue weighted by atomic mass is 35.5. The van der Waals surface area contributed by atoms with E-state index in [4.69, 9.17) is 11.6 Å². The summed E-state index contributed by atoms with van der Waals surface area (Å²) < 4.78 is 0. The van der Waals surface area contributed by atoms with Gasteiger partial charge in [-0.3, -0.25) is 0 Å². The van der Waals surface area contributed by atoms with Crippen LogP contribution in [0.2, 0.25) is 5.15 Å². The lowest BCUT2D eigenvalue weighted by Gasteiger charge is -2.14. The molecule has 1 saturated heterocycles. The van der Waals surface area contributed by atoms with Crippen LogP contribution < -0.4 is 5.32 Å². The van der Waals surface area contributed by atoms with Crippen molar-refractivity contribution < 1.29 is 0 Å². The molecular weight excluding hydrogens is 208 g/mol. The average molecular weight is 221 g/mol. The van der Waals surface area contributed by atoms with Gasteiger partial charge in [0.2, 0.25) is 0 Å². The van der Waals surface area contributed by atoms with Crippen molar-refractivity contribution in [3.05, 3.63) is 35.1 Å². The third-order valence-electron chi connectivity index (χ3n) is 3.39. The first-order chi connectivity index (χ1) is 7.34. The maximum atomic E-state index is 5.78. The lowest BCUT2D eigenvalue weighted by Crippen LogP contribution is -2.24. The van der Waals surface area contributed by atoms with Gasteiger partial charge in [0.05, 0.1) is 0 Å². The number of fused-ring (bicyclic) bond motifs is 1. The molecule has 3 heteroatoms. The van der Waals surface area contributed by atoms with E-state index in [2.05, 4.69) is 22.4 Å². The smallest absolute Gasteiger partial charge is 0.129 e. The summed E-state index contributed by atoms with van der Waals surface area (Å²) >= 11 is 5.78. The van der Waals surface area contributed by atoms with Gasteiger partial charge in [0.1, 0.15) is 5.15 Å². The molecule has 2 aliphatic rings. The van der Waals surface area contributed by atoms with Crippen LogP contribution >= 0.6 is 11.6 Å². The number of pyridine rings is 1. The van der Waals surface area contributed by atoms with Crippen molar-refractivity contribution in [2.75, 3.05) is 6.54 Å². The molecule has 1 aromatic heterocycles. The Labute approximate surface area is 94.4 Å². The highest BCUT2D eigenvalue weighted by Crippen LogP contribution is 2.37. The Morgan fingerprint density at radius 3 is 3.13 bits per heavy atom. The molecular formula is C12H13ClN2. The lowest BCUT2D eigenvalue weighted by molar-refractivity contribution is 0.557. The number of halogens is 1. The molecule has 0 bridgehead atoms. The van der Waals surface area contributed by atoms with Gasteiger partial charge in [0.15, 0.2) is 0 Å². The summed E-state index contributed by atoms with van der Waals surface area (Å²) in [6.45, 7) is 1.15. The maximum absolute atomic E-state index is 5.78. The van der Waals surface area contributed by atoms with Crippen LogP contribution in [-0.2, 0) is 0 Å². The van der Waals surface area contributed by atoms with Crippen LogP contribution in [0.5, 0.6) is 0 Å². The Morgan fingerprint density at radius 2 is 2.33 bits per heavy atom. The van der Waals surface area contributed by atoms with Crippen molar-refractivity contribution >= 4 is 17.2 Å². The number of nitrogens with zero attached hydrogens (tertiary/aromatic N) is 1. The third kappa shape index (κ3) is 1.58. The molecule has 0 amide bonds. The number of rotatable bonds is 1. The highest BCUT2D eigenvalue weighted by Gasteiger charge is 2.33. The minimum Gasteiger partial charge on any atom is -0.310 e. The van der Waals surface area contributed by atoms with E-state index in [1.165, 1.54) is 24.0 Å². The molecule has 0 spiro atoms. The molecule has 3 rings (SSSR count). The van der Waals surface area contributed by atoms with Crippen molar-refractivity contribution in [1.29, 1.82) is 0 Å². The second kappa shape index (κ2) is 3.62. The van der Waals surface area contributed by atoms with Gasteiger partial charge in [-0.25, -0.2) is 4.98 Å². The number of nitrogens with one attached hydrogen (secondary N) is 1. The molecule has 1 aromatic rings. The van der Waals surface area contributed by atoms with Crippen LogP contribution in [0, 0.1) is 5.92 Å². The minimum absolute atomic E-state index is 0.549. The Hall–Kier alpha value is -0.860. The predicted molar refractivity (Wildman–Crippen MR) is 61.7 cm³/mol. The summed E-state index contributed by atoms with van der Waals surface area (Å²) in [5.41, 5.74) is 2.61. The standard InChI is InChI=1S/C12H13ClN2/c13-11-4-2-9(7-15-11)10-3-1-8-5-6-14-12(8)10/h2-4,7-8,12,14H,1,5-6H2/t8-,12+/m0/s1. The maximum Gasteiger partial charge on any atom is 0.129 e. The van der Waals surface area contributed by atoms with E-state index in [0.717, 1.165) is 12.5 Å². The zero-order valence-corrected chi connectivity index (χ0v) is 9.17. The lowest BCUT2D eigenvalue weighted by atomic mass is 9.97. The summed E-state index contributed by atoms with van der Waals surface area (Å²) in [6.07, 6.45) is 6.71. The molecule has 0 aromatic carbocycles. The topological polar surface area (TPSA) is 24.9 Å². The van der Waals surface area contributed by atoms with Gasteiger partial charge in [0, 0.05) is 12.2 Å². The van der Waals surface area contributed by atoms with Crippen LogP contribution in [0.3, 0.4) is 0 Å². The molecule has 1 fully saturated rings. The van der Waals surface area contributed by atoms with Crippen molar-refractivity contribution in [3.63, 3.8) is 0 Å². The SMILES string of the molecule is Clc1ccc(C2=CC[C@H]3CCN[C@@H]23)cn1. The largest absolute Gasteiger partial charge is 0.310 e. The quantitative estimate of drug-likeness (QED) is 0.736. The number of allylic oxidation sites excluding steroid dienone is 1. The van der Waals surface area contributed by atoms with Crippen LogP contribution in [0.25, 0.3) is 5.57 Å². The minimum atomic E-state index is 0.549. The molecule has 2 atom stereocenters. The molecule has 2 heterocycles. The number of hydrogen-bond acceptors (Lipinski definition) is 2. The zero-order chi connectivity index (χ0) is 10.3. The molecule has 0 unspecified atom stereocenters. The predicted octanol–water partition coefficient (Wildman–Crippen LogP) is 2.50. The summed E-state index contributed by atoms with van der Waals surface area (Å²) in [6, 6.07) is 4.47. The highest BCUT2D eigenvalue weighted by molar-refractivity contribution is 6.29. The molecule has 1 aliphatic heterocycles. The average Bonchev–Trinajstić information content (AvgIpc) is 2.80. The van der Waals surface area contributed by atoms with E-state index in [1.54, 1.807) is 0 Å². The monoisotopic (exact) mass is 220 g/mol. The van der Waals surface area contributed by atoms with Gasteiger partial charge in [-0.1, -0.05) is 23.7 Å². The molecule has 78 valence electrons. The Balaban J connectivity index is 1.91. The summed E-state index contributed by atoms with van der Waals surface area (Å²) in [5, 5.41) is 4.12. The second-order valence-electron chi connectivity index (χ2n) is 4.25. The van der Waals surface area contributed by atoms with Gasteiger partial charge in [-0.2, -0.15) is 0 Å². The number of aromatic nitrogens is 1. The molecule has 1 aliphatic carbocycles. The van der Waals surface area contributed by atoms with Crippen molar-refractivity contribution in [2.45, 2.75) is 18.9 Å². The van der Waals surface area contributed by atoms with E-state index < -0.39 is 0 Å². The van der Waals surface area contributed by atoms with Gasteiger partial charge in [-0.05, 0) is 42.5 Å². The fourth-order valence-corrected chi connectivity index (χ4v) is 2.74. The summed E-state index contributed by atoms with van der Waals surface area (Å²) in [5.74, 6) is 0.802. The fraction of sp³-hybridized carbons (Fsp3) is 0.417. The van der Waals surface area contributed by atoms with E-state index in [9.17, 15) is 0 Å². The first-order valence-electron chi connectivity index (χ1n) is 5.40. The zero-order valence-electron chi connectivity index (χ0n) is 8.41. The summed E-state index contributed by atoms with van der Waals surface area (Å²) in [4.78, 5) is 4.13. The number of hydrogen-bond donors (Lipinski definition) is 1. The van der Waals surface area contributed by atoms with Crippen LogP contribution in [-0.4, -0.2) is 17.6 Å². The molecule has 15 heavy (non-hydrogen) atoms. The van der Waals surface area contributed by atoms with E-state index in [0.29, 0.717) is 11.2 Å². The fourth-order valence-electron chi connectivity index (χ4n) is 2.62. The molecule has 0 radical (unpaired) electrons. The second-order valence-corrected chi connectivity index (χ2v) is 4.63. The van der Waals surface area contributed by atoms with Crippen LogP contribution in [0.15, 0.2) is 24.4 Å². The normalized spacial score (nSPS) is 29.0. The molecule has 1 N–H and O–H groups in total. The van der Waals surface area contributed by atoms with Gasteiger partial charge in [0.25, 0.3) is 0 Å². The van der Waals surface area contributed by atoms with Crippen LogP contribution in [0.1, 0.15) is 18.4 Å². The first kappa shape index (κ1) is 9.37. The van der Waals surface area contributed by atoms with E-state index in [-0.39, 0.29) is 0 Å². The van der Waals surface area contributed by atoms with Crippen molar-refractivity contribution in [3.8, 4) is 0 Å².